The number of rotatable bonds is 4. The number of likely N-dealkylation sites (tertiary alicyclic amines) is 2. The van der Waals surface area contributed by atoms with E-state index >= 15 is 0 Å². The highest BCUT2D eigenvalue weighted by Gasteiger charge is 2.27. The Balaban J connectivity index is 1.64. The van der Waals surface area contributed by atoms with Crippen molar-refractivity contribution in [3.05, 3.63) is 34.9 Å². The molecule has 20 heavy (non-hydrogen) atoms. The van der Waals surface area contributed by atoms with Crippen molar-refractivity contribution in [2.75, 3.05) is 26.2 Å². The number of hydrogen-bond donors (Lipinski definition) is 0. The van der Waals surface area contributed by atoms with Crippen LogP contribution in [0.4, 0.5) is 0 Å². The van der Waals surface area contributed by atoms with Gasteiger partial charge in [0.2, 0.25) is 0 Å². The molecule has 2 saturated heterocycles. The van der Waals surface area contributed by atoms with Gasteiger partial charge in [0, 0.05) is 19.1 Å². The Morgan fingerprint density at radius 3 is 2.65 bits per heavy atom. The molecule has 2 heteroatoms. The van der Waals surface area contributed by atoms with Crippen molar-refractivity contribution in [3.63, 3.8) is 0 Å². The number of aryl methyl sites for hydroxylation is 2. The first-order chi connectivity index (χ1) is 9.72. The lowest BCUT2D eigenvalue weighted by atomic mass is 10.0. The van der Waals surface area contributed by atoms with Crippen LogP contribution in [-0.4, -0.2) is 42.0 Å². The predicted octanol–water partition coefficient (Wildman–Crippen LogP) is 3.36. The molecular formula is C18H28N2. The molecule has 0 aliphatic carbocycles. The highest BCUT2D eigenvalue weighted by molar-refractivity contribution is 5.30. The van der Waals surface area contributed by atoms with E-state index < -0.39 is 0 Å². The molecule has 0 aromatic heterocycles. The van der Waals surface area contributed by atoms with Gasteiger partial charge in [-0.1, -0.05) is 23.8 Å². The molecular weight excluding hydrogens is 244 g/mol. The van der Waals surface area contributed by atoms with Crippen LogP contribution in [0.5, 0.6) is 0 Å². The van der Waals surface area contributed by atoms with Gasteiger partial charge in [0.25, 0.3) is 0 Å². The van der Waals surface area contributed by atoms with Crippen LogP contribution in [0.1, 0.15) is 42.4 Å². The minimum atomic E-state index is 0.785. The predicted molar refractivity (Wildman–Crippen MR) is 85.0 cm³/mol. The van der Waals surface area contributed by atoms with Crippen LogP contribution in [0.3, 0.4) is 0 Å². The number of benzene rings is 1. The third kappa shape index (κ3) is 3.24. The smallest absolute Gasteiger partial charge is 0.0239 e. The Bertz CT molecular complexity index is 449. The summed E-state index contributed by atoms with van der Waals surface area (Å²) in [6.07, 6.45) is 5.58. The van der Waals surface area contributed by atoms with E-state index in [0.29, 0.717) is 0 Å². The van der Waals surface area contributed by atoms with Crippen molar-refractivity contribution in [2.24, 2.45) is 0 Å². The van der Waals surface area contributed by atoms with Crippen LogP contribution in [-0.2, 0) is 6.54 Å². The van der Waals surface area contributed by atoms with Gasteiger partial charge in [-0.15, -0.1) is 0 Å². The highest BCUT2D eigenvalue weighted by atomic mass is 15.2. The van der Waals surface area contributed by atoms with Gasteiger partial charge in [-0.25, -0.2) is 0 Å². The molecule has 0 radical (unpaired) electrons. The molecule has 110 valence electrons. The molecule has 2 nitrogen and oxygen atoms in total. The van der Waals surface area contributed by atoms with Gasteiger partial charge in [0.15, 0.2) is 0 Å². The first kappa shape index (κ1) is 14.1. The van der Waals surface area contributed by atoms with Crippen molar-refractivity contribution < 1.29 is 0 Å². The van der Waals surface area contributed by atoms with Crippen LogP contribution >= 0.6 is 0 Å². The standard InChI is InChI=1S/C18H28N2/c1-15-7-8-16(2)17(12-15)13-20-11-5-6-18(20)14-19-9-3-4-10-19/h7-8,12,18H,3-6,9-11,13-14H2,1-2H3. The van der Waals surface area contributed by atoms with Gasteiger partial charge >= 0.3 is 0 Å². The summed E-state index contributed by atoms with van der Waals surface area (Å²) in [7, 11) is 0. The maximum atomic E-state index is 2.72. The van der Waals surface area contributed by atoms with Gasteiger partial charge in [0.1, 0.15) is 0 Å². The van der Waals surface area contributed by atoms with E-state index in [4.69, 9.17) is 0 Å². The summed E-state index contributed by atoms with van der Waals surface area (Å²) in [5.41, 5.74) is 4.36. The summed E-state index contributed by atoms with van der Waals surface area (Å²) < 4.78 is 0. The average Bonchev–Trinajstić information content (AvgIpc) is 3.07. The van der Waals surface area contributed by atoms with E-state index in [1.54, 1.807) is 0 Å². The van der Waals surface area contributed by atoms with Crippen molar-refractivity contribution in [1.82, 2.24) is 9.80 Å². The molecule has 1 aromatic carbocycles. The lowest BCUT2D eigenvalue weighted by Crippen LogP contribution is -2.39. The molecule has 0 saturated carbocycles. The maximum Gasteiger partial charge on any atom is 0.0239 e. The molecule has 0 amide bonds. The highest BCUT2D eigenvalue weighted by Crippen LogP contribution is 2.24. The molecule has 1 atom stereocenters. The monoisotopic (exact) mass is 272 g/mol. The Morgan fingerprint density at radius 2 is 1.85 bits per heavy atom. The zero-order chi connectivity index (χ0) is 13.9. The van der Waals surface area contributed by atoms with E-state index in [9.17, 15) is 0 Å². The van der Waals surface area contributed by atoms with E-state index in [0.717, 1.165) is 12.6 Å². The van der Waals surface area contributed by atoms with Gasteiger partial charge in [-0.05, 0) is 70.3 Å². The second-order valence-electron chi connectivity index (χ2n) is 6.70. The second-order valence-corrected chi connectivity index (χ2v) is 6.70. The first-order valence-corrected chi connectivity index (χ1v) is 8.25. The van der Waals surface area contributed by atoms with Crippen molar-refractivity contribution >= 4 is 0 Å². The molecule has 0 N–H and O–H groups in total. The fraction of sp³-hybridized carbons (Fsp3) is 0.667. The van der Waals surface area contributed by atoms with Gasteiger partial charge in [-0.3, -0.25) is 4.90 Å². The van der Waals surface area contributed by atoms with Crippen LogP contribution in [0.25, 0.3) is 0 Å². The third-order valence-corrected chi connectivity index (χ3v) is 5.04. The summed E-state index contributed by atoms with van der Waals surface area (Å²) in [4.78, 5) is 5.40. The molecule has 0 bridgehead atoms. The molecule has 0 spiro atoms. The summed E-state index contributed by atoms with van der Waals surface area (Å²) in [6, 6.07) is 7.66. The van der Waals surface area contributed by atoms with Crippen molar-refractivity contribution in [3.8, 4) is 0 Å². The van der Waals surface area contributed by atoms with Crippen molar-refractivity contribution in [1.29, 1.82) is 0 Å². The Hall–Kier alpha value is -0.860. The van der Waals surface area contributed by atoms with Crippen LogP contribution in [0.2, 0.25) is 0 Å². The largest absolute Gasteiger partial charge is 0.302 e. The second kappa shape index (κ2) is 6.28. The number of nitrogens with zero attached hydrogens (tertiary/aromatic N) is 2. The summed E-state index contributed by atoms with van der Waals surface area (Å²) in [6.45, 7) is 10.8. The Morgan fingerprint density at radius 1 is 1.05 bits per heavy atom. The quantitative estimate of drug-likeness (QED) is 0.829. The summed E-state index contributed by atoms with van der Waals surface area (Å²) >= 11 is 0. The molecule has 2 fully saturated rings. The Kier molecular flexibility index (Phi) is 4.42. The van der Waals surface area contributed by atoms with E-state index in [-0.39, 0.29) is 0 Å². The average molecular weight is 272 g/mol. The van der Waals surface area contributed by atoms with E-state index in [1.807, 2.05) is 0 Å². The normalized spacial score (nSPS) is 24.6. The molecule has 3 rings (SSSR count). The fourth-order valence-electron chi connectivity index (χ4n) is 3.76. The van der Waals surface area contributed by atoms with Crippen LogP contribution in [0, 0.1) is 13.8 Å². The third-order valence-electron chi connectivity index (χ3n) is 5.04. The molecule has 2 aliphatic rings. The molecule has 2 aliphatic heterocycles. The van der Waals surface area contributed by atoms with E-state index in [2.05, 4.69) is 41.8 Å². The minimum Gasteiger partial charge on any atom is -0.302 e. The Labute approximate surface area is 123 Å². The minimum absolute atomic E-state index is 0.785. The van der Waals surface area contributed by atoms with Gasteiger partial charge in [-0.2, -0.15) is 0 Å². The molecule has 1 unspecified atom stereocenters. The van der Waals surface area contributed by atoms with Gasteiger partial charge in [0.05, 0.1) is 0 Å². The zero-order valence-corrected chi connectivity index (χ0v) is 13.1. The molecule has 2 heterocycles. The summed E-state index contributed by atoms with van der Waals surface area (Å²) in [5.74, 6) is 0. The van der Waals surface area contributed by atoms with Gasteiger partial charge < -0.3 is 4.90 Å². The van der Waals surface area contributed by atoms with E-state index in [1.165, 1.54) is 68.6 Å². The lowest BCUT2D eigenvalue weighted by molar-refractivity contribution is 0.185. The van der Waals surface area contributed by atoms with Crippen LogP contribution in [0.15, 0.2) is 18.2 Å². The van der Waals surface area contributed by atoms with Crippen LogP contribution < -0.4 is 0 Å². The number of hydrogen-bond acceptors (Lipinski definition) is 2. The topological polar surface area (TPSA) is 6.48 Å². The summed E-state index contributed by atoms with van der Waals surface area (Å²) in [5, 5.41) is 0. The maximum absolute atomic E-state index is 2.72. The first-order valence-electron chi connectivity index (χ1n) is 8.25. The fourth-order valence-corrected chi connectivity index (χ4v) is 3.76. The molecule has 1 aromatic rings. The zero-order valence-electron chi connectivity index (χ0n) is 13.1. The SMILES string of the molecule is Cc1ccc(C)c(CN2CCCC2CN2CCCC2)c1. The van der Waals surface area contributed by atoms with Crippen molar-refractivity contribution in [2.45, 2.75) is 52.1 Å². The lowest BCUT2D eigenvalue weighted by Gasteiger charge is -2.29.